The van der Waals surface area contributed by atoms with Crippen LogP contribution < -0.4 is 5.32 Å². The number of sulfone groups is 1. The van der Waals surface area contributed by atoms with Crippen molar-refractivity contribution in [2.45, 2.75) is 31.6 Å². The van der Waals surface area contributed by atoms with E-state index >= 15 is 0 Å². The van der Waals surface area contributed by atoms with Gasteiger partial charge in [-0.1, -0.05) is 25.4 Å². The van der Waals surface area contributed by atoms with Crippen LogP contribution in [-0.4, -0.2) is 58.2 Å². The van der Waals surface area contributed by atoms with Gasteiger partial charge in [-0.3, -0.25) is 4.79 Å². The SMILES string of the molecule is CCS(=O)(=O)CCNC(=O)c1ccc(Cl)c(S(=O)(=O)N2CCCC(C)C2)c1. The van der Waals surface area contributed by atoms with Gasteiger partial charge in [0.25, 0.3) is 5.91 Å². The summed E-state index contributed by atoms with van der Waals surface area (Å²) in [7, 11) is -7.00. The summed E-state index contributed by atoms with van der Waals surface area (Å²) in [6, 6.07) is 4.05. The van der Waals surface area contributed by atoms with E-state index in [9.17, 15) is 21.6 Å². The standard InChI is InChI=1S/C17H25ClN2O5S2/c1-3-26(22,23)10-8-19-17(21)14-6-7-15(18)16(11-14)27(24,25)20-9-4-5-13(2)12-20/h6-7,11,13H,3-5,8-10,12H2,1-2H3,(H,19,21). The number of nitrogens with one attached hydrogen (secondary N) is 1. The minimum absolute atomic E-state index is 0.000461. The van der Waals surface area contributed by atoms with Crippen molar-refractivity contribution in [1.29, 1.82) is 0 Å². The first-order chi connectivity index (χ1) is 12.6. The van der Waals surface area contributed by atoms with Gasteiger partial charge in [0, 0.05) is 31.0 Å². The predicted molar refractivity (Wildman–Crippen MR) is 105 cm³/mol. The van der Waals surface area contributed by atoms with Crippen LogP contribution in [0.5, 0.6) is 0 Å². The second-order valence-corrected chi connectivity index (χ2v) is 11.5. The maximum Gasteiger partial charge on any atom is 0.251 e. The summed E-state index contributed by atoms with van der Waals surface area (Å²) >= 11 is 6.11. The van der Waals surface area contributed by atoms with Gasteiger partial charge in [0.1, 0.15) is 4.90 Å². The predicted octanol–water partition coefficient (Wildman–Crippen LogP) is 1.93. The molecule has 1 fully saturated rings. The highest BCUT2D eigenvalue weighted by Crippen LogP contribution is 2.29. The number of amides is 1. The fourth-order valence-corrected chi connectivity index (χ4v) is 5.71. The molecule has 1 aromatic carbocycles. The van der Waals surface area contributed by atoms with Crippen LogP contribution in [0.1, 0.15) is 37.0 Å². The van der Waals surface area contributed by atoms with Crippen molar-refractivity contribution in [3.8, 4) is 0 Å². The molecule has 0 radical (unpaired) electrons. The van der Waals surface area contributed by atoms with Crippen molar-refractivity contribution < 1.29 is 21.6 Å². The van der Waals surface area contributed by atoms with Crippen molar-refractivity contribution in [3.63, 3.8) is 0 Å². The van der Waals surface area contributed by atoms with Gasteiger partial charge >= 0.3 is 0 Å². The third-order valence-electron chi connectivity index (χ3n) is 4.57. The first kappa shape index (κ1) is 22.1. The first-order valence-electron chi connectivity index (χ1n) is 8.85. The molecule has 27 heavy (non-hydrogen) atoms. The Balaban J connectivity index is 2.19. The number of rotatable bonds is 7. The third-order valence-corrected chi connectivity index (χ3v) is 8.62. The van der Waals surface area contributed by atoms with Gasteiger partial charge < -0.3 is 5.32 Å². The highest BCUT2D eigenvalue weighted by atomic mass is 35.5. The molecule has 1 heterocycles. The zero-order valence-electron chi connectivity index (χ0n) is 15.4. The van der Waals surface area contributed by atoms with Gasteiger partial charge in [0.05, 0.1) is 10.8 Å². The zero-order valence-corrected chi connectivity index (χ0v) is 17.8. The van der Waals surface area contributed by atoms with Crippen LogP contribution >= 0.6 is 11.6 Å². The number of sulfonamides is 1. The summed E-state index contributed by atoms with van der Waals surface area (Å²) in [6.45, 7) is 4.34. The zero-order chi connectivity index (χ0) is 20.2. The van der Waals surface area contributed by atoms with Crippen LogP contribution in [0.4, 0.5) is 0 Å². The quantitative estimate of drug-likeness (QED) is 0.703. The number of nitrogens with zero attached hydrogens (tertiary/aromatic N) is 1. The maximum absolute atomic E-state index is 12.9. The van der Waals surface area contributed by atoms with E-state index in [4.69, 9.17) is 11.6 Å². The second kappa shape index (κ2) is 8.89. The molecule has 1 aliphatic rings. The van der Waals surface area contributed by atoms with Gasteiger partial charge in [-0.25, -0.2) is 16.8 Å². The average molecular weight is 437 g/mol. The number of carbonyl (C=O) groups is 1. The molecule has 1 aliphatic heterocycles. The van der Waals surface area contributed by atoms with E-state index in [-0.39, 0.29) is 39.4 Å². The Morgan fingerprint density at radius 2 is 2.00 bits per heavy atom. The van der Waals surface area contributed by atoms with E-state index in [2.05, 4.69) is 5.32 Å². The third kappa shape index (κ3) is 5.66. The molecule has 0 aliphatic carbocycles. The average Bonchev–Trinajstić information content (AvgIpc) is 2.61. The molecule has 152 valence electrons. The Labute approximate surface area is 166 Å². The Morgan fingerprint density at radius 1 is 1.30 bits per heavy atom. The molecule has 10 heteroatoms. The Hall–Kier alpha value is -1.16. The lowest BCUT2D eigenvalue weighted by molar-refractivity contribution is 0.0956. The first-order valence-corrected chi connectivity index (χ1v) is 12.5. The van der Waals surface area contributed by atoms with E-state index < -0.39 is 25.8 Å². The summed E-state index contributed by atoms with van der Waals surface area (Å²) in [5.74, 6) is -0.444. The Morgan fingerprint density at radius 3 is 2.63 bits per heavy atom. The minimum Gasteiger partial charge on any atom is -0.351 e. The molecule has 1 amide bonds. The normalized spacial score (nSPS) is 19.0. The molecule has 0 aromatic heterocycles. The van der Waals surface area contributed by atoms with Crippen molar-refractivity contribution >= 4 is 37.4 Å². The van der Waals surface area contributed by atoms with Gasteiger partial charge in [-0.15, -0.1) is 0 Å². The maximum atomic E-state index is 12.9. The number of piperidine rings is 1. The molecule has 1 saturated heterocycles. The van der Waals surface area contributed by atoms with E-state index in [1.54, 1.807) is 0 Å². The fraction of sp³-hybridized carbons (Fsp3) is 0.588. The number of hydrogen-bond donors (Lipinski definition) is 1. The van der Waals surface area contributed by atoms with Crippen molar-refractivity contribution in [2.75, 3.05) is 31.1 Å². The van der Waals surface area contributed by atoms with E-state index in [0.29, 0.717) is 13.1 Å². The monoisotopic (exact) mass is 436 g/mol. The number of halogens is 1. The van der Waals surface area contributed by atoms with Crippen LogP contribution in [0.15, 0.2) is 23.1 Å². The summed E-state index contributed by atoms with van der Waals surface area (Å²) in [4.78, 5) is 12.2. The molecule has 7 nitrogen and oxygen atoms in total. The number of hydrogen-bond acceptors (Lipinski definition) is 5. The van der Waals surface area contributed by atoms with Gasteiger partial charge in [0.2, 0.25) is 10.0 Å². The molecular weight excluding hydrogens is 412 g/mol. The smallest absolute Gasteiger partial charge is 0.251 e. The van der Waals surface area contributed by atoms with Gasteiger partial charge in [-0.2, -0.15) is 4.31 Å². The van der Waals surface area contributed by atoms with Gasteiger partial charge in [-0.05, 0) is 37.0 Å². The molecule has 1 N–H and O–H groups in total. The van der Waals surface area contributed by atoms with Crippen LogP contribution in [0.3, 0.4) is 0 Å². The number of benzene rings is 1. The van der Waals surface area contributed by atoms with Crippen LogP contribution in [-0.2, 0) is 19.9 Å². The summed E-state index contributed by atoms with van der Waals surface area (Å²) in [5, 5.41) is 2.56. The van der Waals surface area contributed by atoms with Crippen LogP contribution in [0.2, 0.25) is 5.02 Å². The highest BCUT2D eigenvalue weighted by Gasteiger charge is 2.30. The van der Waals surface area contributed by atoms with E-state index in [1.807, 2.05) is 6.92 Å². The molecule has 0 saturated carbocycles. The lowest BCUT2D eigenvalue weighted by Crippen LogP contribution is -2.39. The largest absolute Gasteiger partial charge is 0.351 e. The van der Waals surface area contributed by atoms with Crippen molar-refractivity contribution in [2.24, 2.45) is 5.92 Å². The Bertz CT molecular complexity index is 900. The second-order valence-electron chi connectivity index (χ2n) is 6.75. The molecule has 0 spiro atoms. The molecular formula is C17H25ClN2O5S2. The van der Waals surface area contributed by atoms with Gasteiger partial charge in [0.15, 0.2) is 9.84 Å². The minimum atomic E-state index is -3.80. The Kier molecular flexibility index (Phi) is 7.29. The van der Waals surface area contributed by atoms with Crippen LogP contribution in [0, 0.1) is 5.92 Å². The van der Waals surface area contributed by atoms with Crippen LogP contribution in [0.25, 0.3) is 0 Å². The topological polar surface area (TPSA) is 101 Å². The summed E-state index contributed by atoms with van der Waals surface area (Å²) in [6.07, 6.45) is 1.76. The van der Waals surface area contributed by atoms with E-state index in [0.717, 1.165) is 12.8 Å². The van der Waals surface area contributed by atoms with Crippen molar-refractivity contribution in [3.05, 3.63) is 28.8 Å². The molecule has 2 rings (SSSR count). The molecule has 1 atom stereocenters. The summed E-state index contributed by atoms with van der Waals surface area (Å²) < 4.78 is 50.3. The lowest BCUT2D eigenvalue weighted by Gasteiger charge is -2.30. The molecule has 1 aromatic rings. The number of carbonyl (C=O) groups excluding carboxylic acids is 1. The fourth-order valence-electron chi connectivity index (χ4n) is 2.91. The summed E-state index contributed by atoms with van der Waals surface area (Å²) in [5.41, 5.74) is 0.122. The van der Waals surface area contributed by atoms with E-state index in [1.165, 1.54) is 29.4 Å². The van der Waals surface area contributed by atoms with Crippen molar-refractivity contribution in [1.82, 2.24) is 9.62 Å². The molecule has 0 bridgehead atoms. The lowest BCUT2D eigenvalue weighted by atomic mass is 10.0. The molecule has 1 unspecified atom stereocenters. The highest BCUT2D eigenvalue weighted by molar-refractivity contribution is 7.91.